The Bertz CT molecular complexity index is 1040. The summed E-state index contributed by atoms with van der Waals surface area (Å²) in [6.07, 6.45) is 35.4. The molecular weight excluding hydrogens is 797 g/mol. The van der Waals surface area contributed by atoms with Gasteiger partial charge in [-0.1, -0.05) is 232 Å². The first-order valence-corrected chi connectivity index (χ1v) is 26.8. The summed E-state index contributed by atoms with van der Waals surface area (Å²) in [7, 11) is 0. The lowest BCUT2D eigenvalue weighted by atomic mass is 9.98. The molecule has 2 amide bonds. The highest BCUT2D eigenvalue weighted by Gasteiger charge is 2.45. The van der Waals surface area contributed by atoms with Crippen molar-refractivity contribution >= 4 is 11.8 Å². The number of amides is 2. The molecule has 8 atom stereocenters. The zero-order chi connectivity index (χ0) is 46.2. The third-order valence-electron chi connectivity index (χ3n) is 13.2. The molecule has 7 N–H and O–H groups in total. The number of ether oxygens (including phenoxy) is 2. The number of unbranched alkanes of at least 4 members (excludes halogenated alkanes) is 33. The Balaban J connectivity index is 2.35. The average molecular weight is 899 g/mol. The van der Waals surface area contributed by atoms with Crippen LogP contribution in [0.3, 0.4) is 0 Å². The average Bonchev–Trinajstić information content (AvgIpc) is 3.27. The minimum atomic E-state index is -1.61. The highest BCUT2D eigenvalue weighted by Crippen LogP contribution is 2.23. The van der Waals surface area contributed by atoms with Crippen LogP contribution in [0.15, 0.2) is 0 Å². The summed E-state index contributed by atoms with van der Waals surface area (Å²) >= 11 is 0. The maximum Gasteiger partial charge on any atom is 0.220 e. The van der Waals surface area contributed by atoms with E-state index in [2.05, 4.69) is 24.5 Å². The van der Waals surface area contributed by atoms with Crippen LogP contribution in [0.2, 0.25) is 0 Å². The summed E-state index contributed by atoms with van der Waals surface area (Å²) in [5, 5.41) is 59.2. The molecule has 0 aromatic rings. The Morgan fingerprint density at radius 2 is 0.889 bits per heavy atom. The van der Waals surface area contributed by atoms with Crippen molar-refractivity contribution in [2.24, 2.45) is 0 Å². The summed E-state index contributed by atoms with van der Waals surface area (Å²) < 4.78 is 11.5. The Labute approximate surface area is 386 Å². The number of carbonyl (C=O) groups is 2. The van der Waals surface area contributed by atoms with Crippen molar-refractivity contribution in [3.63, 3.8) is 0 Å². The van der Waals surface area contributed by atoms with Gasteiger partial charge in [-0.25, -0.2) is 0 Å². The van der Waals surface area contributed by atoms with Gasteiger partial charge < -0.3 is 45.6 Å². The smallest absolute Gasteiger partial charge is 0.220 e. The van der Waals surface area contributed by atoms with Crippen molar-refractivity contribution in [1.82, 2.24) is 10.6 Å². The number of aliphatic hydroxyl groups is 5. The molecule has 1 saturated heterocycles. The second-order valence-electron chi connectivity index (χ2n) is 19.2. The molecule has 1 aliphatic rings. The van der Waals surface area contributed by atoms with E-state index in [1.54, 1.807) is 0 Å². The maximum atomic E-state index is 13.1. The first-order valence-electron chi connectivity index (χ1n) is 26.8. The second-order valence-corrected chi connectivity index (χ2v) is 19.2. The van der Waals surface area contributed by atoms with Crippen molar-refractivity contribution in [1.29, 1.82) is 0 Å². The molecule has 11 nitrogen and oxygen atoms in total. The third kappa shape index (κ3) is 32.9. The molecule has 0 bridgehead atoms. The van der Waals surface area contributed by atoms with E-state index in [1.807, 2.05) is 0 Å². The van der Waals surface area contributed by atoms with Gasteiger partial charge in [-0.05, 0) is 12.8 Å². The van der Waals surface area contributed by atoms with E-state index in [1.165, 1.54) is 180 Å². The van der Waals surface area contributed by atoms with Crippen LogP contribution in [0.4, 0.5) is 0 Å². The molecule has 0 saturated carbocycles. The number of aliphatic hydroxyl groups excluding tert-OH is 5. The largest absolute Gasteiger partial charge is 0.390 e. The molecule has 0 aliphatic carbocycles. The fourth-order valence-electron chi connectivity index (χ4n) is 8.87. The molecular formula is C52H102N2O9. The number of rotatable bonds is 45. The fraction of sp³-hybridized carbons (Fsp3) is 0.962. The highest BCUT2D eigenvalue weighted by atomic mass is 16.7. The first kappa shape index (κ1) is 59.7. The van der Waals surface area contributed by atoms with E-state index < -0.39 is 49.0 Å². The summed E-state index contributed by atoms with van der Waals surface area (Å²) in [5.74, 6) is -0.606. The van der Waals surface area contributed by atoms with Crippen LogP contribution < -0.4 is 10.6 Å². The lowest BCUT2D eigenvalue weighted by Gasteiger charge is -2.41. The summed E-state index contributed by atoms with van der Waals surface area (Å²) in [4.78, 5) is 24.6. The van der Waals surface area contributed by atoms with Gasteiger partial charge in [-0.15, -0.1) is 0 Å². The van der Waals surface area contributed by atoms with Crippen LogP contribution in [-0.2, 0) is 19.1 Å². The van der Waals surface area contributed by atoms with Crippen LogP contribution >= 0.6 is 0 Å². The van der Waals surface area contributed by atoms with Crippen molar-refractivity contribution in [3.8, 4) is 0 Å². The standard InChI is InChI=1S/C52H102N2O9/c1-4-6-8-10-12-14-16-18-19-20-21-22-23-24-25-26-27-28-30-32-34-36-38-40-47(57)54-44(42-62-52-51(61)50(60)49(59)46(63-52)41-53-43(3)55)48(58)45(56)39-37-35-33-31-29-17-15-13-11-9-7-5-2/h44-46,48-52,56,58-61H,4-42H2,1-3H3,(H,53,55)(H,54,57)/t44-,45+,46+,48-,49-,50-,51+,52+/m0/s1. The predicted octanol–water partition coefficient (Wildman–Crippen LogP) is 10.6. The molecule has 1 rings (SSSR count). The van der Waals surface area contributed by atoms with Gasteiger partial charge in [0.25, 0.3) is 0 Å². The van der Waals surface area contributed by atoms with Gasteiger partial charge in [-0.2, -0.15) is 0 Å². The Morgan fingerprint density at radius 3 is 1.27 bits per heavy atom. The van der Waals surface area contributed by atoms with Gasteiger partial charge in [0.2, 0.25) is 11.8 Å². The normalized spacial score (nSPS) is 20.4. The lowest BCUT2D eigenvalue weighted by molar-refractivity contribution is -0.297. The highest BCUT2D eigenvalue weighted by molar-refractivity contribution is 5.76. The molecule has 0 spiro atoms. The Hall–Kier alpha value is -1.34. The van der Waals surface area contributed by atoms with E-state index in [-0.39, 0.29) is 31.4 Å². The van der Waals surface area contributed by atoms with Crippen molar-refractivity contribution in [2.75, 3.05) is 13.2 Å². The minimum Gasteiger partial charge on any atom is -0.390 e. The van der Waals surface area contributed by atoms with Crippen LogP contribution in [0.5, 0.6) is 0 Å². The summed E-state index contributed by atoms with van der Waals surface area (Å²) in [6.45, 7) is 5.42. The molecule has 0 aromatic carbocycles. The monoisotopic (exact) mass is 899 g/mol. The number of carbonyl (C=O) groups excluding carboxylic acids is 2. The molecule has 0 unspecified atom stereocenters. The third-order valence-corrected chi connectivity index (χ3v) is 13.2. The van der Waals surface area contributed by atoms with Gasteiger partial charge in [0.15, 0.2) is 6.29 Å². The van der Waals surface area contributed by atoms with Crippen LogP contribution in [0.1, 0.15) is 258 Å². The molecule has 1 heterocycles. The molecule has 374 valence electrons. The van der Waals surface area contributed by atoms with Gasteiger partial charge in [0.05, 0.1) is 18.8 Å². The van der Waals surface area contributed by atoms with Crippen molar-refractivity contribution in [2.45, 2.75) is 307 Å². The van der Waals surface area contributed by atoms with Gasteiger partial charge in [0.1, 0.15) is 30.5 Å². The predicted molar refractivity (Wildman–Crippen MR) is 257 cm³/mol. The molecule has 0 radical (unpaired) electrons. The van der Waals surface area contributed by atoms with Gasteiger partial charge in [0, 0.05) is 19.9 Å². The summed E-state index contributed by atoms with van der Waals surface area (Å²) in [6, 6.07) is -0.997. The number of hydrogen-bond donors (Lipinski definition) is 7. The first-order chi connectivity index (χ1) is 30.6. The van der Waals surface area contributed by atoms with Crippen molar-refractivity contribution in [3.05, 3.63) is 0 Å². The zero-order valence-electron chi connectivity index (χ0n) is 41.1. The summed E-state index contributed by atoms with van der Waals surface area (Å²) in [5.41, 5.74) is 0. The molecule has 1 aliphatic heterocycles. The van der Waals surface area contributed by atoms with E-state index in [9.17, 15) is 35.1 Å². The van der Waals surface area contributed by atoms with E-state index in [0.717, 1.165) is 51.4 Å². The molecule has 63 heavy (non-hydrogen) atoms. The van der Waals surface area contributed by atoms with E-state index >= 15 is 0 Å². The quantitative estimate of drug-likeness (QED) is 0.0293. The van der Waals surface area contributed by atoms with Gasteiger partial charge in [-0.3, -0.25) is 9.59 Å². The number of nitrogens with one attached hydrogen (secondary N) is 2. The minimum absolute atomic E-state index is 0.111. The SMILES string of the molecule is CCCCCCCCCCCCCCCCCCCCCCCCCC(=O)N[C@@H](CO[C@@H]1O[C@H](CNC(C)=O)[C@H](O)[C@H](O)[C@H]1O)[C@H](O)[C@H](O)CCCCCCCCCCCCCC. The zero-order valence-corrected chi connectivity index (χ0v) is 41.1. The van der Waals surface area contributed by atoms with Crippen LogP contribution in [-0.4, -0.2) is 99.5 Å². The van der Waals surface area contributed by atoms with Crippen molar-refractivity contribution < 1.29 is 44.6 Å². The Morgan fingerprint density at radius 1 is 0.524 bits per heavy atom. The van der Waals surface area contributed by atoms with E-state index in [0.29, 0.717) is 6.42 Å². The second kappa shape index (κ2) is 42.0. The maximum absolute atomic E-state index is 13.1. The van der Waals surface area contributed by atoms with Gasteiger partial charge >= 0.3 is 0 Å². The lowest BCUT2D eigenvalue weighted by Crippen LogP contribution is -2.61. The Kier molecular flexibility index (Phi) is 39.8. The number of hydrogen-bond acceptors (Lipinski definition) is 9. The van der Waals surface area contributed by atoms with Crippen LogP contribution in [0.25, 0.3) is 0 Å². The fourth-order valence-corrected chi connectivity index (χ4v) is 8.87. The van der Waals surface area contributed by atoms with E-state index in [4.69, 9.17) is 9.47 Å². The topological polar surface area (TPSA) is 178 Å². The van der Waals surface area contributed by atoms with Crippen LogP contribution in [0, 0.1) is 0 Å². The molecule has 11 heteroatoms. The molecule has 0 aromatic heterocycles. The molecule has 1 fully saturated rings.